The summed E-state index contributed by atoms with van der Waals surface area (Å²) in [6, 6.07) is 0. The summed E-state index contributed by atoms with van der Waals surface area (Å²) in [6.45, 7) is 5.32. The highest BCUT2D eigenvalue weighted by Gasteiger charge is 2.56. The van der Waals surface area contributed by atoms with Crippen molar-refractivity contribution in [1.29, 1.82) is 0 Å². The highest BCUT2D eigenvalue weighted by atomic mass is 16.5. The van der Waals surface area contributed by atoms with Gasteiger partial charge in [-0.2, -0.15) is 0 Å². The maximum atomic E-state index is 11.6. The molecule has 1 N–H and O–H groups in total. The zero-order chi connectivity index (χ0) is 12.2. The number of rotatable bonds is 2. The molecular formula is C14H20O3. The van der Waals surface area contributed by atoms with Crippen LogP contribution in [0.2, 0.25) is 0 Å². The summed E-state index contributed by atoms with van der Waals surface area (Å²) in [5.74, 6) is 2.19. The molecule has 94 valence electrons. The van der Waals surface area contributed by atoms with E-state index < -0.39 is 0 Å². The molecule has 6 unspecified atom stereocenters. The van der Waals surface area contributed by atoms with Crippen molar-refractivity contribution in [3.05, 3.63) is 12.2 Å². The third kappa shape index (κ3) is 1.71. The maximum Gasteiger partial charge on any atom is 0.333 e. The van der Waals surface area contributed by atoms with E-state index >= 15 is 0 Å². The van der Waals surface area contributed by atoms with Gasteiger partial charge in [0.15, 0.2) is 0 Å². The van der Waals surface area contributed by atoms with Gasteiger partial charge in [-0.15, -0.1) is 0 Å². The molecule has 0 radical (unpaired) electrons. The fourth-order valence-electron chi connectivity index (χ4n) is 4.35. The fraction of sp³-hybridized carbons (Fsp3) is 0.786. The summed E-state index contributed by atoms with van der Waals surface area (Å²) in [6.07, 6.45) is 4.02. The highest BCUT2D eigenvalue weighted by Crippen LogP contribution is 2.59. The van der Waals surface area contributed by atoms with Crippen LogP contribution in [-0.2, 0) is 9.53 Å². The minimum Gasteiger partial charge on any atom is -0.459 e. The normalized spacial score (nSPS) is 46.9. The summed E-state index contributed by atoms with van der Waals surface area (Å²) < 4.78 is 5.53. The Morgan fingerprint density at radius 2 is 1.88 bits per heavy atom. The minimum absolute atomic E-state index is 0.0794. The number of aliphatic hydroxyl groups excluding tert-OH is 1. The van der Waals surface area contributed by atoms with E-state index in [1.165, 1.54) is 6.42 Å². The number of esters is 1. The lowest BCUT2D eigenvalue weighted by molar-refractivity contribution is -0.148. The van der Waals surface area contributed by atoms with E-state index in [1.54, 1.807) is 6.92 Å². The largest absolute Gasteiger partial charge is 0.459 e. The molecule has 0 saturated heterocycles. The third-order valence-electron chi connectivity index (χ3n) is 4.99. The smallest absolute Gasteiger partial charge is 0.333 e. The Morgan fingerprint density at radius 1 is 1.18 bits per heavy atom. The molecule has 3 fully saturated rings. The van der Waals surface area contributed by atoms with Crippen LogP contribution >= 0.6 is 0 Å². The van der Waals surface area contributed by atoms with Gasteiger partial charge in [0.05, 0.1) is 6.10 Å². The Kier molecular flexibility index (Phi) is 2.54. The molecule has 0 aromatic carbocycles. The van der Waals surface area contributed by atoms with Crippen LogP contribution in [0, 0.1) is 23.7 Å². The molecule has 3 nitrogen and oxygen atoms in total. The topological polar surface area (TPSA) is 46.5 Å². The molecule has 2 bridgehead atoms. The Bertz CT molecular complexity index is 362. The number of hydrogen-bond acceptors (Lipinski definition) is 3. The van der Waals surface area contributed by atoms with Crippen LogP contribution in [0.4, 0.5) is 0 Å². The number of aliphatic hydroxyl groups is 1. The van der Waals surface area contributed by atoms with Gasteiger partial charge < -0.3 is 9.84 Å². The summed E-state index contributed by atoms with van der Waals surface area (Å²) in [5.41, 5.74) is 0.482. The Labute approximate surface area is 102 Å². The Balaban J connectivity index is 1.68. The molecule has 3 heteroatoms. The average Bonchev–Trinajstić information content (AvgIpc) is 2.87. The molecule has 0 aromatic heterocycles. The van der Waals surface area contributed by atoms with Gasteiger partial charge in [0.2, 0.25) is 0 Å². The van der Waals surface area contributed by atoms with E-state index in [2.05, 4.69) is 6.58 Å². The molecule has 3 saturated carbocycles. The zero-order valence-electron chi connectivity index (χ0n) is 10.3. The second-order valence-electron chi connectivity index (χ2n) is 6.07. The molecule has 17 heavy (non-hydrogen) atoms. The first-order chi connectivity index (χ1) is 8.06. The van der Waals surface area contributed by atoms with Crippen LogP contribution in [0.5, 0.6) is 0 Å². The minimum atomic E-state index is -0.252. The fourth-order valence-corrected chi connectivity index (χ4v) is 4.35. The first-order valence-corrected chi connectivity index (χ1v) is 6.61. The number of hydrogen-bond donors (Lipinski definition) is 1. The van der Waals surface area contributed by atoms with Gasteiger partial charge in [0.1, 0.15) is 6.10 Å². The van der Waals surface area contributed by atoms with Crippen molar-refractivity contribution in [3.63, 3.8) is 0 Å². The van der Waals surface area contributed by atoms with E-state index in [9.17, 15) is 9.90 Å². The van der Waals surface area contributed by atoms with Crippen molar-refractivity contribution >= 4 is 5.97 Å². The van der Waals surface area contributed by atoms with Gasteiger partial charge in [-0.05, 0) is 56.3 Å². The van der Waals surface area contributed by atoms with Crippen LogP contribution in [-0.4, -0.2) is 23.3 Å². The van der Waals surface area contributed by atoms with Gasteiger partial charge in [0.25, 0.3) is 0 Å². The molecule has 6 atom stereocenters. The molecule has 3 rings (SSSR count). The predicted octanol–water partition coefficient (Wildman–Crippen LogP) is 1.90. The number of fused-ring (bicyclic) bond motifs is 5. The van der Waals surface area contributed by atoms with Gasteiger partial charge in [-0.25, -0.2) is 4.79 Å². The molecule has 0 amide bonds. The summed E-state index contributed by atoms with van der Waals surface area (Å²) in [4.78, 5) is 11.6. The Morgan fingerprint density at radius 3 is 2.59 bits per heavy atom. The van der Waals surface area contributed by atoms with Crippen molar-refractivity contribution in [2.45, 2.75) is 44.8 Å². The number of carbonyl (C=O) groups is 1. The van der Waals surface area contributed by atoms with E-state index in [-0.39, 0.29) is 18.2 Å². The van der Waals surface area contributed by atoms with Gasteiger partial charge >= 0.3 is 5.97 Å². The van der Waals surface area contributed by atoms with Crippen molar-refractivity contribution in [2.24, 2.45) is 23.7 Å². The predicted molar refractivity (Wildman–Crippen MR) is 63.1 cm³/mol. The van der Waals surface area contributed by atoms with E-state index in [1.807, 2.05) is 0 Å². The molecule has 0 heterocycles. The first-order valence-electron chi connectivity index (χ1n) is 6.61. The lowest BCUT2D eigenvalue weighted by Gasteiger charge is -2.30. The van der Waals surface area contributed by atoms with Crippen molar-refractivity contribution in [1.82, 2.24) is 0 Å². The molecule has 3 aliphatic rings. The average molecular weight is 236 g/mol. The molecular weight excluding hydrogens is 216 g/mol. The van der Waals surface area contributed by atoms with Crippen LogP contribution in [0.15, 0.2) is 12.2 Å². The quantitative estimate of drug-likeness (QED) is 0.588. The van der Waals surface area contributed by atoms with Crippen molar-refractivity contribution < 1.29 is 14.6 Å². The first kappa shape index (κ1) is 11.3. The van der Waals surface area contributed by atoms with E-state index in [4.69, 9.17) is 4.74 Å². The summed E-state index contributed by atoms with van der Waals surface area (Å²) in [5, 5.41) is 9.73. The van der Waals surface area contributed by atoms with E-state index in [0.717, 1.165) is 19.3 Å². The van der Waals surface area contributed by atoms with E-state index in [0.29, 0.717) is 29.2 Å². The second-order valence-corrected chi connectivity index (χ2v) is 6.07. The zero-order valence-corrected chi connectivity index (χ0v) is 10.3. The van der Waals surface area contributed by atoms with Crippen LogP contribution in [0.25, 0.3) is 0 Å². The molecule has 0 aliphatic heterocycles. The summed E-state index contributed by atoms with van der Waals surface area (Å²) >= 11 is 0. The Hall–Kier alpha value is -0.830. The third-order valence-corrected chi connectivity index (χ3v) is 4.99. The summed E-state index contributed by atoms with van der Waals surface area (Å²) in [7, 11) is 0. The van der Waals surface area contributed by atoms with Crippen LogP contribution < -0.4 is 0 Å². The number of carbonyl (C=O) groups excluding carboxylic acids is 1. The standard InChI is InChI=1S/C14H20O3/c1-7(2)14(16)17-13-4-8-3-12(13)11-6-9(15)5-10(8)11/h8-13,15H,1,3-6H2,2H3. The monoisotopic (exact) mass is 236 g/mol. The van der Waals surface area contributed by atoms with Crippen LogP contribution in [0.1, 0.15) is 32.6 Å². The second kappa shape index (κ2) is 3.84. The SMILES string of the molecule is C=C(C)C(=O)OC1CC2CC1C1CC(O)CC21. The van der Waals surface area contributed by atoms with Crippen LogP contribution in [0.3, 0.4) is 0 Å². The maximum absolute atomic E-state index is 11.6. The lowest BCUT2D eigenvalue weighted by atomic mass is 9.80. The number of ether oxygens (including phenoxy) is 1. The molecule has 0 aromatic rings. The van der Waals surface area contributed by atoms with Gasteiger partial charge in [0, 0.05) is 5.57 Å². The van der Waals surface area contributed by atoms with Gasteiger partial charge in [-0.1, -0.05) is 6.58 Å². The highest BCUT2D eigenvalue weighted by molar-refractivity contribution is 5.87. The van der Waals surface area contributed by atoms with Crippen molar-refractivity contribution in [3.8, 4) is 0 Å². The lowest BCUT2D eigenvalue weighted by Crippen LogP contribution is -2.32. The molecule has 0 spiro atoms. The molecule has 3 aliphatic carbocycles. The van der Waals surface area contributed by atoms with Crippen molar-refractivity contribution in [2.75, 3.05) is 0 Å². The van der Waals surface area contributed by atoms with Gasteiger partial charge in [-0.3, -0.25) is 0 Å².